The van der Waals surface area contributed by atoms with Crippen LogP contribution in [-0.4, -0.2) is 46.6 Å². The summed E-state index contributed by atoms with van der Waals surface area (Å²) in [6, 6.07) is 3.49. The largest absolute Gasteiger partial charge is 0.477 e. The first-order valence-electron chi connectivity index (χ1n) is 6.78. The van der Waals surface area contributed by atoms with Crippen molar-refractivity contribution in [3.8, 4) is 0 Å². The molecule has 21 heavy (non-hydrogen) atoms. The maximum atomic E-state index is 11.9. The van der Waals surface area contributed by atoms with Crippen molar-refractivity contribution in [2.45, 2.75) is 25.7 Å². The van der Waals surface area contributed by atoms with Crippen molar-refractivity contribution in [3.05, 3.63) is 28.8 Å². The van der Waals surface area contributed by atoms with E-state index < -0.39 is 5.97 Å². The molecule has 0 aliphatic carbocycles. The first-order valence-corrected chi connectivity index (χ1v) is 7.60. The van der Waals surface area contributed by atoms with Gasteiger partial charge in [-0.15, -0.1) is 17.9 Å². The van der Waals surface area contributed by atoms with Gasteiger partial charge in [-0.2, -0.15) is 0 Å². The molecule has 1 amide bonds. The quantitative estimate of drug-likeness (QED) is 0.635. The zero-order chi connectivity index (χ0) is 14.5. The second kappa shape index (κ2) is 8.66. The van der Waals surface area contributed by atoms with Gasteiger partial charge in [-0.25, -0.2) is 9.80 Å². The molecule has 5 nitrogen and oxygen atoms in total. The van der Waals surface area contributed by atoms with Gasteiger partial charge in [0.1, 0.15) is 4.88 Å². The Labute approximate surface area is 143 Å². The van der Waals surface area contributed by atoms with E-state index in [4.69, 9.17) is 5.11 Å². The van der Waals surface area contributed by atoms with Crippen molar-refractivity contribution in [1.29, 1.82) is 0 Å². The molecule has 0 atom stereocenters. The van der Waals surface area contributed by atoms with Crippen LogP contribution in [0.5, 0.6) is 0 Å². The molecular formula is C14H19N2O3SW-. The average molecular weight is 479 g/mol. The summed E-state index contributed by atoms with van der Waals surface area (Å²) in [5, 5.41) is 12.7. The molecule has 7 heteroatoms. The van der Waals surface area contributed by atoms with Crippen molar-refractivity contribution in [1.82, 2.24) is 10.0 Å². The number of aryl methyl sites for hydroxylation is 1. The van der Waals surface area contributed by atoms with Crippen LogP contribution < -0.4 is 0 Å². The van der Waals surface area contributed by atoms with E-state index in [9.17, 15) is 9.59 Å². The Balaban J connectivity index is 0.00000220. The third kappa shape index (κ3) is 4.90. The smallest absolute Gasteiger partial charge is 0.345 e. The van der Waals surface area contributed by atoms with E-state index in [1.54, 1.807) is 11.1 Å². The summed E-state index contributed by atoms with van der Waals surface area (Å²) >= 11 is 1.31. The average Bonchev–Trinajstić information content (AvgIpc) is 2.89. The Kier molecular flexibility index (Phi) is 7.57. The summed E-state index contributed by atoms with van der Waals surface area (Å²) in [6.07, 6.45) is 3.14. The van der Waals surface area contributed by atoms with E-state index in [0.717, 1.165) is 30.7 Å². The molecule has 116 valence electrons. The van der Waals surface area contributed by atoms with Gasteiger partial charge in [0.2, 0.25) is 5.91 Å². The Morgan fingerprint density at radius 1 is 1.43 bits per heavy atom. The number of hydrogen-bond donors (Lipinski definition) is 1. The molecule has 1 aliphatic rings. The van der Waals surface area contributed by atoms with Crippen molar-refractivity contribution >= 4 is 23.2 Å². The predicted octanol–water partition coefficient (Wildman–Crippen LogP) is 2.05. The van der Waals surface area contributed by atoms with E-state index in [1.807, 2.05) is 11.1 Å². The SMILES string of the molecule is [CH2-]CN1CCCC(=O)N1CCCc1ccc(C(=O)O)s1.[W]. The number of hydrogen-bond acceptors (Lipinski definition) is 4. The number of rotatable bonds is 6. The number of carboxylic acids is 1. The molecule has 1 aromatic rings. The fourth-order valence-electron chi connectivity index (χ4n) is 2.35. The van der Waals surface area contributed by atoms with E-state index in [2.05, 4.69) is 6.92 Å². The summed E-state index contributed by atoms with van der Waals surface area (Å²) < 4.78 is 0. The fourth-order valence-corrected chi connectivity index (χ4v) is 3.24. The van der Waals surface area contributed by atoms with Gasteiger partial charge in [0.15, 0.2) is 0 Å². The normalized spacial score (nSPS) is 15.9. The zero-order valence-corrected chi connectivity index (χ0v) is 15.5. The van der Waals surface area contributed by atoms with Gasteiger partial charge in [0.25, 0.3) is 0 Å². The predicted molar refractivity (Wildman–Crippen MR) is 77.5 cm³/mol. The van der Waals surface area contributed by atoms with Gasteiger partial charge in [0.05, 0.1) is 0 Å². The van der Waals surface area contributed by atoms with Crippen LogP contribution in [0.2, 0.25) is 0 Å². The molecule has 0 aromatic carbocycles. The molecule has 2 rings (SSSR count). The number of carbonyl (C=O) groups is 2. The van der Waals surface area contributed by atoms with Crippen LogP contribution in [0.4, 0.5) is 0 Å². The molecule has 0 saturated carbocycles. The number of amides is 1. The Hall–Kier alpha value is -0.712. The minimum atomic E-state index is -0.879. The van der Waals surface area contributed by atoms with Crippen LogP contribution in [0.3, 0.4) is 0 Å². The molecule has 0 unspecified atom stereocenters. The van der Waals surface area contributed by atoms with E-state index in [-0.39, 0.29) is 27.0 Å². The third-order valence-corrected chi connectivity index (χ3v) is 4.49. The summed E-state index contributed by atoms with van der Waals surface area (Å²) in [6.45, 7) is 6.02. The maximum Gasteiger partial charge on any atom is 0.345 e. The number of nitrogens with zero attached hydrogens (tertiary/aromatic N) is 2. The summed E-state index contributed by atoms with van der Waals surface area (Å²) in [7, 11) is 0. The standard InChI is InChI=1S/C14H19N2O3S.W/c1-2-15-9-4-6-13(17)16(15)10-3-5-11-7-8-12(20-11)14(18)19;/h7-8H,1-6,9-10H2,(H,18,19);/q-1;. The molecule has 0 spiro atoms. The van der Waals surface area contributed by atoms with Crippen LogP contribution in [0.25, 0.3) is 0 Å². The van der Waals surface area contributed by atoms with Crippen LogP contribution >= 0.6 is 11.3 Å². The molecule has 0 radical (unpaired) electrons. The van der Waals surface area contributed by atoms with E-state index >= 15 is 0 Å². The van der Waals surface area contributed by atoms with Crippen LogP contribution in [-0.2, 0) is 32.3 Å². The molecule has 1 aromatic heterocycles. The fraction of sp³-hybridized carbons (Fsp3) is 0.500. The minimum Gasteiger partial charge on any atom is -0.477 e. The monoisotopic (exact) mass is 479 g/mol. The summed E-state index contributed by atoms with van der Waals surface area (Å²) in [4.78, 5) is 24.1. The molecule has 1 saturated heterocycles. The zero-order valence-electron chi connectivity index (χ0n) is 11.8. The van der Waals surface area contributed by atoms with Crippen LogP contribution in [0, 0.1) is 6.92 Å². The first kappa shape index (κ1) is 18.3. The Bertz CT molecular complexity index is 492. The molecule has 1 N–H and O–H groups in total. The van der Waals surface area contributed by atoms with Crippen molar-refractivity contribution < 1.29 is 35.8 Å². The molecular weight excluding hydrogens is 460 g/mol. The Morgan fingerprint density at radius 2 is 2.19 bits per heavy atom. The van der Waals surface area contributed by atoms with Crippen molar-refractivity contribution in [2.24, 2.45) is 0 Å². The number of hydrazine groups is 1. The molecule has 0 bridgehead atoms. The van der Waals surface area contributed by atoms with Gasteiger partial charge in [-0.1, -0.05) is 0 Å². The summed E-state index contributed by atoms with van der Waals surface area (Å²) in [5.74, 6) is -0.715. The van der Waals surface area contributed by atoms with Gasteiger partial charge in [-0.05, 0) is 31.4 Å². The van der Waals surface area contributed by atoms with Crippen LogP contribution in [0.1, 0.15) is 33.8 Å². The minimum absolute atomic E-state index is 0. The second-order valence-electron chi connectivity index (χ2n) is 4.75. The number of carboxylic acid groups (broad SMARTS) is 1. The second-order valence-corrected chi connectivity index (χ2v) is 5.92. The van der Waals surface area contributed by atoms with Gasteiger partial charge >= 0.3 is 5.97 Å². The topological polar surface area (TPSA) is 60.9 Å². The van der Waals surface area contributed by atoms with Crippen molar-refractivity contribution in [3.63, 3.8) is 0 Å². The number of carbonyl (C=O) groups excluding carboxylic acids is 1. The first-order chi connectivity index (χ1) is 9.61. The van der Waals surface area contributed by atoms with Crippen molar-refractivity contribution in [2.75, 3.05) is 19.6 Å². The molecule has 1 fully saturated rings. The van der Waals surface area contributed by atoms with Gasteiger partial charge in [-0.3, -0.25) is 9.80 Å². The third-order valence-electron chi connectivity index (χ3n) is 3.36. The van der Waals surface area contributed by atoms with Gasteiger partial charge in [0, 0.05) is 45.5 Å². The number of aromatic carboxylic acids is 1. The molecule has 2 heterocycles. The summed E-state index contributed by atoms with van der Waals surface area (Å²) in [5.41, 5.74) is 0. The molecule has 1 aliphatic heterocycles. The van der Waals surface area contributed by atoms with Gasteiger partial charge < -0.3 is 12.0 Å². The Morgan fingerprint density at radius 3 is 2.81 bits per heavy atom. The van der Waals surface area contributed by atoms with E-state index in [0.29, 0.717) is 24.4 Å². The maximum absolute atomic E-state index is 11.9. The van der Waals surface area contributed by atoms with Crippen LogP contribution in [0.15, 0.2) is 12.1 Å². The number of thiophene rings is 1. The van der Waals surface area contributed by atoms with E-state index in [1.165, 1.54) is 11.3 Å².